The van der Waals surface area contributed by atoms with Crippen molar-refractivity contribution in [1.82, 2.24) is 14.5 Å². The number of nitrogens with zero attached hydrogens (tertiary/aromatic N) is 5. The van der Waals surface area contributed by atoms with Gasteiger partial charge in [0.1, 0.15) is 11.6 Å². The summed E-state index contributed by atoms with van der Waals surface area (Å²) in [4.78, 5) is 14.9. The average Bonchev–Trinajstić information content (AvgIpc) is 3.64. The summed E-state index contributed by atoms with van der Waals surface area (Å²) in [6.45, 7) is 13.1. The lowest BCUT2D eigenvalue weighted by molar-refractivity contribution is 0.463. The summed E-state index contributed by atoms with van der Waals surface area (Å²) in [5, 5.41) is 0. The van der Waals surface area contributed by atoms with E-state index in [1.807, 2.05) is 18.2 Å². The summed E-state index contributed by atoms with van der Waals surface area (Å²) < 4.78 is 8.90. The van der Waals surface area contributed by atoms with E-state index in [2.05, 4.69) is 194 Å². The van der Waals surface area contributed by atoms with Crippen molar-refractivity contribution in [2.75, 3.05) is 9.80 Å². The minimum absolute atomic E-state index is 0.136. The van der Waals surface area contributed by atoms with Crippen LogP contribution in [0.4, 0.5) is 34.1 Å². The molecular formula is C54H44BN5O. The van der Waals surface area contributed by atoms with Gasteiger partial charge in [-0.05, 0) is 152 Å². The Morgan fingerprint density at radius 3 is 1.62 bits per heavy atom. The molecule has 0 saturated carbocycles. The second-order valence-electron chi connectivity index (χ2n) is 16.6. The van der Waals surface area contributed by atoms with Gasteiger partial charge in [0.15, 0.2) is 0 Å². The molecule has 0 radical (unpaired) electrons. The van der Waals surface area contributed by atoms with Gasteiger partial charge in [-0.25, -0.2) is 9.97 Å². The fourth-order valence-electron chi connectivity index (χ4n) is 10.1. The maximum atomic E-state index is 6.53. The van der Waals surface area contributed by atoms with E-state index in [1.54, 1.807) is 6.20 Å². The van der Waals surface area contributed by atoms with Gasteiger partial charge in [0, 0.05) is 40.6 Å². The molecule has 2 aliphatic heterocycles. The summed E-state index contributed by atoms with van der Waals surface area (Å²) >= 11 is 0. The molecule has 11 rings (SSSR count). The Labute approximate surface area is 357 Å². The standard InChI is InChI=1S/C54H44BN5O/c1-33-15-11-16-34(2)51(33)58-44-28-26-39(54-57-43-21-7-8-22-46(43)60(54)53-37(5)19-13-20-38(53)6)31-41(44)55-42-32-40(61-49-25-9-10-30-56-49)27-29-45(42)59(48-24-14-23-47(58)50(48)55)52-35(3)17-12-18-36(52)4/h7-32H,1-6H3. The number of hydrogen-bond acceptors (Lipinski definition) is 5. The average molecular weight is 790 g/mol. The highest BCUT2D eigenvalue weighted by molar-refractivity contribution is 7.00. The highest BCUT2D eigenvalue weighted by atomic mass is 16.5. The van der Waals surface area contributed by atoms with Gasteiger partial charge in [0.2, 0.25) is 5.88 Å². The van der Waals surface area contributed by atoms with Crippen LogP contribution in [0.5, 0.6) is 11.6 Å². The van der Waals surface area contributed by atoms with Crippen molar-refractivity contribution >= 4 is 68.3 Å². The zero-order valence-electron chi connectivity index (χ0n) is 35.2. The van der Waals surface area contributed by atoms with Gasteiger partial charge in [0.05, 0.1) is 28.1 Å². The van der Waals surface area contributed by atoms with Crippen molar-refractivity contribution in [2.24, 2.45) is 0 Å². The first kappa shape index (κ1) is 36.7. The van der Waals surface area contributed by atoms with Crippen LogP contribution in [0.15, 0.2) is 158 Å². The number of rotatable bonds is 6. The molecule has 0 spiro atoms. The van der Waals surface area contributed by atoms with Crippen LogP contribution in [-0.2, 0) is 0 Å². The van der Waals surface area contributed by atoms with Gasteiger partial charge in [-0.15, -0.1) is 0 Å². The molecule has 2 aromatic heterocycles. The minimum Gasteiger partial charge on any atom is -0.439 e. The second kappa shape index (κ2) is 14.1. The van der Waals surface area contributed by atoms with Gasteiger partial charge in [-0.2, -0.15) is 0 Å². The molecule has 0 amide bonds. The fraction of sp³-hybridized carbons (Fsp3) is 0.111. The summed E-state index contributed by atoms with van der Waals surface area (Å²) in [6.07, 6.45) is 1.77. The van der Waals surface area contributed by atoms with Gasteiger partial charge in [-0.3, -0.25) is 4.57 Å². The number of pyridine rings is 1. The molecule has 0 unspecified atom stereocenters. The number of aryl methyl sites for hydroxylation is 6. The highest BCUT2D eigenvalue weighted by Crippen LogP contribution is 2.47. The molecule has 0 atom stereocenters. The number of benzene rings is 7. The van der Waals surface area contributed by atoms with Crippen LogP contribution in [0, 0.1) is 41.5 Å². The normalized spacial score (nSPS) is 12.7. The third-order valence-electron chi connectivity index (χ3n) is 12.6. The van der Waals surface area contributed by atoms with Crippen LogP contribution in [0.3, 0.4) is 0 Å². The molecule has 0 bridgehead atoms. The summed E-state index contributed by atoms with van der Waals surface area (Å²) in [6, 6.07) is 54.4. The number of aromatic nitrogens is 3. The van der Waals surface area contributed by atoms with E-state index in [1.165, 1.54) is 72.5 Å². The Morgan fingerprint density at radius 1 is 0.475 bits per heavy atom. The largest absolute Gasteiger partial charge is 0.439 e. The molecule has 4 heterocycles. The lowest BCUT2D eigenvalue weighted by atomic mass is 9.33. The third-order valence-corrected chi connectivity index (χ3v) is 12.6. The molecule has 0 N–H and O–H groups in total. The van der Waals surface area contributed by atoms with Crippen molar-refractivity contribution in [3.05, 3.63) is 191 Å². The minimum atomic E-state index is -0.136. The predicted molar refractivity (Wildman–Crippen MR) is 253 cm³/mol. The van der Waals surface area contributed by atoms with E-state index in [4.69, 9.17) is 9.72 Å². The maximum absolute atomic E-state index is 6.53. The zero-order valence-corrected chi connectivity index (χ0v) is 35.2. The zero-order chi connectivity index (χ0) is 41.5. The highest BCUT2D eigenvalue weighted by Gasteiger charge is 2.44. The summed E-state index contributed by atoms with van der Waals surface area (Å²) in [7, 11) is 0. The molecule has 6 nitrogen and oxygen atoms in total. The molecule has 0 fully saturated rings. The van der Waals surface area contributed by atoms with Gasteiger partial charge >= 0.3 is 0 Å². The molecule has 7 aromatic carbocycles. The van der Waals surface area contributed by atoms with Crippen LogP contribution in [0.25, 0.3) is 28.1 Å². The first-order chi connectivity index (χ1) is 29.8. The molecule has 61 heavy (non-hydrogen) atoms. The maximum Gasteiger partial charge on any atom is 0.252 e. The smallest absolute Gasteiger partial charge is 0.252 e. The molecule has 9 aromatic rings. The van der Waals surface area contributed by atoms with Crippen LogP contribution in [0.1, 0.15) is 33.4 Å². The Bertz CT molecular complexity index is 3150. The first-order valence-corrected chi connectivity index (χ1v) is 21.0. The number of anilines is 6. The van der Waals surface area contributed by atoms with Crippen molar-refractivity contribution in [1.29, 1.82) is 0 Å². The van der Waals surface area contributed by atoms with E-state index in [-0.39, 0.29) is 6.71 Å². The van der Waals surface area contributed by atoms with Gasteiger partial charge < -0.3 is 14.5 Å². The monoisotopic (exact) mass is 789 g/mol. The van der Waals surface area contributed by atoms with E-state index >= 15 is 0 Å². The number of hydrogen-bond donors (Lipinski definition) is 0. The Balaban J connectivity index is 1.23. The molecular weight excluding hydrogens is 745 g/mol. The van der Waals surface area contributed by atoms with Crippen LogP contribution < -0.4 is 30.9 Å². The Morgan fingerprint density at radius 2 is 1.02 bits per heavy atom. The Hall–Kier alpha value is -7.38. The lowest BCUT2D eigenvalue weighted by Crippen LogP contribution is -2.61. The SMILES string of the molecule is Cc1cccc(C)c1N1c2ccc(Oc3ccccn3)cc2B2c3cc(-c4nc5ccccc5n4-c4c(C)cccc4C)ccc3N(c3c(C)cccc3C)c3cccc1c32. The molecule has 7 heteroatoms. The van der Waals surface area contributed by atoms with Crippen LogP contribution in [-0.4, -0.2) is 21.2 Å². The quantitative estimate of drug-likeness (QED) is 0.157. The van der Waals surface area contributed by atoms with E-state index in [0.717, 1.165) is 45.2 Å². The van der Waals surface area contributed by atoms with E-state index in [9.17, 15) is 0 Å². The van der Waals surface area contributed by atoms with Crippen molar-refractivity contribution < 1.29 is 4.74 Å². The Kier molecular flexibility index (Phi) is 8.50. The number of ether oxygens (including phenoxy) is 1. The van der Waals surface area contributed by atoms with Gasteiger partial charge in [0.25, 0.3) is 6.71 Å². The number of fused-ring (bicyclic) bond motifs is 5. The lowest BCUT2D eigenvalue weighted by Gasteiger charge is -2.45. The predicted octanol–water partition coefficient (Wildman–Crippen LogP) is 11.8. The number of imidazole rings is 1. The molecule has 2 aliphatic rings. The number of para-hydroxylation sites is 5. The summed E-state index contributed by atoms with van der Waals surface area (Å²) in [5.74, 6) is 2.22. The van der Waals surface area contributed by atoms with Crippen LogP contribution >= 0.6 is 0 Å². The molecule has 0 saturated heterocycles. The van der Waals surface area contributed by atoms with Crippen molar-refractivity contribution in [3.63, 3.8) is 0 Å². The molecule has 0 aliphatic carbocycles. The summed E-state index contributed by atoms with van der Waals surface area (Å²) in [5.41, 5.74) is 22.2. The van der Waals surface area contributed by atoms with E-state index in [0.29, 0.717) is 5.88 Å². The van der Waals surface area contributed by atoms with Gasteiger partial charge in [-0.1, -0.05) is 84.9 Å². The topological polar surface area (TPSA) is 46.4 Å². The fourth-order valence-corrected chi connectivity index (χ4v) is 10.1. The van der Waals surface area contributed by atoms with Crippen molar-refractivity contribution in [2.45, 2.75) is 41.5 Å². The van der Waals surface area contributed by atoms with Crippen molar-refractivity contribution in [3.8, 4) is 28.7 Å². The van der Waals surface area contributed by atoms with Crippen LogP contribution in [0.2, 0.25) is 0 Å². The van der Waals surface area contributed by atoms with E-state index < -0.39 is 0 Å². The second-order valence-corrected chi connectivity index (χ2v) is 16.6. The third kappa shape index (κ3) is 5.71. The molecule has 294 valence electrons. The first-order valence-electron chi connectivity index (χ1n) is 21.0.